The molecule has 2 rings (SSSR count). The lowest BCUT2D eigenvalue weighted by Crippen LogP contribution is -2.51. The van der Waals surface area contributed by atoms with E-state index >= 15 is 0 Å². The smallest absolute Gasteiger partial charge is 0.0721 e. The highest BCUT2D eigenvalue weighted by atomic mass is 35.5. The van der Waals surface area contributed by atoms with E-state index in [-0.39, 0.29) is 30.4 Å². The maximum Gasteiger partial charge on any atom is 0.0721 e. The normalized spacial score (nSPS) is 30.4. The molecule has 0 aliphatic carbocycles. The number of piperidine rings is 1. The predicted molar refractivity (Wildman–Crippen MR) is 67.1 cm³/mol. The number of hydrogen-bond acceptors (Lipinski definition) is 3. The topological polar surface area (TPSA) is 38.5 Å². The minimum absolute atomic E-state index is 0. The molecule has 3 nitrogen and oxygen atoms in total. The van der Waals surface area contributed by atoms with Gasteiger partial charge in [0.2, 0.25) is 0 Å². The quantitative estimate of drug-likeness (QED) is 0.713. The van der Waals surface area contributed by atoms with E-state index in [1.807, 2.05) is 0 Å². The maximum atomic E-state index is 5.98. The first kappa shape index (κ1) is 15.5. The Morgan fingerprint density at radius 2 is 1.87 bits per heavy atom. The lowest BCUT2D eigenvalue weighted by molar-refractivity contribution is -0.113. The molecule has 0 amide bonds. The number of rotatable bonds is 0. The van der Waals surface area contributed by atoms with Crippen LogP contribution in [0.2, 0.25) is 0 Å². The average Bonchev–Trinajstić information content (AvgIpc) is 2.11. The van der Waals surface area contributed by atoms with Crippen LogP contribution in [0.1, 0.15) is 25.7 Å². The summed E-state index contributed by atoms with van der Waals surface area (Å²) in [6.45, 7) is 3.18. The summed E-state index contributed by atoms with van der Waals surface area (Å²) in [5.74, 6) is 0. The van der Waals surface area contributed by atoms with Gasteiger partial charge in [0, 0.05) is 25.7 Å². The molecule has 0 aromatic heterocycles. The Balaban J connectivity index is 0.000000980. The summed E-state index contributed by atoms with van der Waals surface area (Å²) < 4.78 is 5.92. The summed E-state index contributed by atoms with van der Waals surface area (Å²) in [6.07, 6.45) is 4.44. The summed E-state index contributed by atoms with van der Waals surface area (Å²) in [6, 6.07) is 0.372. The van der Waals surface area contributed by atoms with Crippen LogP contribution in [0.4, 0.5) is 0 Å². The van der Waals surface area contributed by atoms with Crippen LogP contribution in [0, 0.1) is 0 Å². The van der Waals surface area contributed by atoms with Crippen LogP contribution >= 0.6 is 24.8 Å². The lowest BCUT2D eigenvalue weighted by Gasteiger charge is -2.44. The molecule has 1 unspecified atom stereocenters. The Kier molecular flexibility index (Phi) is 6.45. The zero-order chi connectivity index (χ0) is 9.31. The SMILES string of the molecule is CN1CCC2(CC1)CC(N)CCO2.Cl.Cl. The third-order valence-electron chi connectivity index (χ3n) is 3.43. The van der Waals surface area contributed by atoms with Gasteiger partial charge in [-0.25, -0.2) is 0 Å². The highest BCUT2D eigenvalue weighted by Crippen LogP contribution is 2.33. The zero-order valence-electron chi connectivity index (χ0n) is 9.28. The Hall–Kier alpha value is 0.460. The number of halogens is 2. The van der Waals surface area contributed by atoms with Gasteiger partial charge in [-0.05, 0) is 32.7 Å². The van der Waals surface area contributed by atoms with Crippen LogP contribution < -0.4 is 5.73 Å². The van der Waals surface area contributed by atoms with Crippen LogP contribution in [-0.2, 0) is 4.74 Å². The first-order valence-electron chi connectivity index (χ1n) is 5.28. The van der Waals surface area contributed by atoms with Gasteiger partial charge >= 0.3 is 0 Å². The fourth-order valence-electron chi connectivity index (χ4n) is 2.44. The number of nitrogens with two attached hydrogens (primary N) is 1. The minimum atomic E-state index is 0. The second-order valence-corrected chi connectivity index (χ2v) is 4.59. The number of hydrogen-bond donors (Lipinski definition) is 1. The van der Waals surface area contributed by atoms with E-state index < -0.39 is 0 Å². The third-order valence-corrected chi connectivity index (χ3v) is 3.43. The lowest BCUT2D eigenvalue weighted by atomic mass is 9.83. The van der Waals surface area contributed by atoms with E-state index in [1.165, 1.54) is 0 Å². The van der Waals surface area contributed by atoms with Gasteiger partial charge in [0.15, 0.2) is 0 Å². The Bertz CT molecular complexity index is 184. The predicted octanol–water partition coefficient (Wildman–Crippen LogP) is 1.43. The van der Waals surface area contributed by atoms with Crippen LogP contribution in [0.25, 0.3) is 0 Å². The molecule has 0 aromatic rings. The van der Waals surface area contributed by atoms with Gasteiger partial charge in [-0.3, -0.25) is 0 Å². The summed E-state index contributed by atoms with van der Waals surface area (Å²) in [5, 5.41) is 0. The van der Waals surface area contributed by atoms with E-state index in [0.29, 0.717) is 6.04 Å². The second kappa shape index (κ2) is 6.26. The summed E-state index contributed by atoms with van der Waals surface area (Å²) in [7, 11) is 2.18. The van der Waals surface area contributed by atoms with Gasteiger partial charge in [-0.2, -0.15) is 0 Å². The van der Waals surface area contributed by atoms with Gasteiger partial charge in [0.1, 0.15) is 0 Å². The molecule has 1 atom stereocenters. The second-order valence-electron chi connectivity index (χ2n) is 4.59. The zero-order valence-corrected chi connectivity index (χ0v) is 10.9. The summed E-state index contributed by atoms with van der Waals surface area (Å²) >= 11 is 0. The fourth-order valence-corrected chi connectivity index (χ4v) is 2.44. The molecule has 2 fully saturated rings. The molecule has 0 aromatic carbocycles. The molecule has 0 radical (unpaired) electrons. The van der Waals surface area contributed by atoms with Crippen molar-refractivity contribution in [3.05, 3.63) is 0 Å². The maximum absolute atomic E-state index is 5.98. The van der Waals surface area contributed by atoms with Crippen molar-refractivity contribution in [2.24, 2.45) is 5.73 Å². The van der Waals surface area contributed by atoms with E-state index in [0.717, 1.165) is 45.4 Å². The Morgan fingerprint density at radius 3 is 2.40 bits per heavy atom. The van der Waals surface area contributed by atoms with E-state index in [9.17, 15) is 0 Å². The fraction of sp³-hybridized carbons (Fsp3) is 1.00. The first-order valence-corrected chi connectivity index (χ1v) is 5.28. The standard InChI is InChI=1S/C10H20N2O.2ClH/c1-12-5-3-10(4-6-12)8-9(11)2-7-13-10;;/h9H,2-8,11H2,1H3;2*1H. The summed E-state index contributed by atoms with van der Waals surface area (Å²) in [4.78, 5) is 2.37. The minimum Gasteiger partial charge on any atom is -0.375 e. The monoisotopic (exact) mass is 256 g/mol. The van der Waals surface area contributed by atoms with E-state index in [4.69, 9.17) is 10.5 Å². The van der Waals surface area contributed by atoms with Crippen molar-refractivity contribution in [1.29, 1.82) is 0 Å². The van der Waals surface area contributed by atoms with Crippen LogP contribution in [0.15, 0.2) is 0 Å². The Labute approximate surface area is 105 Å². The highest BCUT2D eigenvalue weighted by Gasteiger charge is 2.38. The largest absolute Gasteiger partial charge is 0.375 e. The van der Waals surface area contributed by atoms with Gasteiger partial charge in [-0.1, -0.05) is 0 Å². The Morgan fingerprint density at radius 1 is 1.27 bits per heavy atom. The van der Waals surface area contributed by atoms with E-state index in [1.54, 1.807) is 0 Å². The number of likely N-dealkylation sites (tertiary alicyclic amines) is 1. The molecular formula is C10H22Cl2N2O. The first-order chi connectivity index (χ1) is 6.20. The van der Waals surface area contributed by atoms with E-state index in [2.05, 4.69) is 11.9 Å². The summed E-state index contributed by atoms with van der Waals surface area (Å²) in [5.41, 5.74) is 6.12. The molecule has 92 valence electrons. The van der Waals surface area contributed by atoms with Crippen molar-refractivity contribution in [2.45, 2.75) is 37.3 Å². The van der Waals surface area contributed by atoms with Crippen molar-refractivity contribution in [3.63, 3.8) is 0 Å². The van der Waals surface area contributed by atoms with Crippen molar-refractivity contribution < 1.29 is 4.74 Å². The molecule has 0 saturated carbocycles. The highest BCUT2D eigenvalue weighted by molar-refractivity contribution is 5.85. The number of nitrogens with zero attached hydrogens (tertiary/aromatic N) is 1. The molecule has 1 spiro atoms. The van der Waals surface area contributed by atoms with Crippen LogP contribution in [0.3, 0.4) is 0 Å². The van der Waals surface area contributed by atoms with Gasteiger partial charge in [0.25, 0.3) is 0 Å². The van der Waals surface area contributed by atoms with Crippen molar-refractivity contribution in [3.8, 4) is 0 Å². The van der Waals surface area contributed by atoms with Gasteiger partial charge in [0.05, 0.1) is 5.60 Å². The van der Waals surface area contributed by atoms with Crippen molar-refractivity contribution in [1.82, 2.24) is 4.90 Å². The van der Waals surface area contributed by atoms with Gasteiger partial charge < -0.3 is 15.4 Å². The molecule has 2 N–H and O–H groups in total. The average molecular weight is 257 g/mol. The molecule has 0 bridgehead atoms. The number of ether oxygens (including phenoxy) is 1. The van der Waals surface area contributed by atoms with Crippen LogP contribution in [-0.4, -0.2) is 43.3 Å². The molecular weight excluding hydrogens is 235 g/mol. The molecule has 2 aliphatic rings. The van der Waals surface area contributed by atoms with Crippen LogP contribution in [0.5, 0.6) is 0 Å². The molecule has 2 saturated heterocycles. The van der Waals surface area contributed by atoms with Crippen molar-refractivity contribution >= 4 is 24.8 Å². The molecule has 5 heteroatoms. The van der Waals surface area contributed by atoms with Crippen molar-refractivity contribution in [2.75, 3.05) is 26.7 Å². The third kappa shape index (κ3) is 3.75. The van der Waals surface area contributed by atoms with Gasteiger partial charge in [-0.15, -0.1) is 24.8 Å². The molecule has 2 aliphatic heterocycles. The molecule has 2 heterocycles. The molecule has 15 heavy (non-hydrogen) atoms.